The fourth-order valence-electron chi connectivity index (χ4n) is 4.33. The van der Waals surface area contributed by atoms with E-state index in [9.17, 15) is 9.59 Å². The molecule has 0 saturated carbocycles. The van der Waals surface area contributed by atoms with E-state index in [4.69, 9.17) is 0 Å². The lowest BCUT2D eigenvalue weighted by molar-refractivity contribution is 0.0664. The number of piperazine rings is 1. The van der Waals surface area contributed by atoms with E-state index >= 15 is 0 Å². The van der Waals surface area contributed by atoms with E-state index in [1.807, 2.05) is 53.4 Å². The van der Waals surface area contributed by atoms with Crippen LogP contribution in [0.2, 0.25) is 0 Å². The highest BCUT2D eigenvalue weighted by molar-refractivity contribution is 6.08. The largest absolute Gasteiger partial charge is 0.336 e. The van der Waals surface area contributed by atoms with Crippen LogP contribution in [0.25, 0.3) is 0 Å². The first-order valence-corrected chi connectivity index (χ1v) is 10.5. The van der Waals surface area contributed by atoms with Gasteiger partial charge in [0.15, 0.2) is 0 Å². The molecule has 0 unspecified atom stereocenters. The lowest BCUT2D eigenvalue weighted by Gasteiger charge is -2.32. The predicted octanol–water partition coefficient (Wildman–Crippen LogP) is 1.98. The number of carbonyl (C=O) groups excluding carboxylic acids is 2. The van der Waals surface area contributed by atoms with Crippen LogP contribution in [-0.2, 0) is 0 Å². The van der Waals surface area contributed by atoms with Crippen LogP contribution in [0.15, 0.2) is 54.9 Å². The van der Waals surface area contributed by atoms with Crippen molar-refractivity contribution in [2.75, 3.05) is 44.7 Å². The molecule has 2 aliphatic heterocycles. The Hall–Kier alpha value is -3.52. The number of nitrogens with one attached hydrogen (secondary N) is 1. The molecule has 1 fully saturated rings. The Morgan fingerprint density at radius 2 is 1.74 bits per heavy atom. The van der Waals surface area contributed by atoms with Crippen molar-refractivity contribution in [3.63, 3.8) is 0 Å². The van der Waals surface area contributed by atoms with Gasteiger partial charge >= 0.3 is 0 Å². The van der Waals surface area contributed by atoms with Crippen molar-refractivity contribution in [1.29, 1.82) is 0 Å². The zero-order valence-corrected chi connectivity index (χ0v) is 17.4. The van der Waals surface area contributed by atoms with E-state index in [1.54, 1.807) is 4.90 Å². The number of amides is 2. The standard InChI is InChI=1S/C23H24N6O2/c1-27-9-11-28(12-10-27)22(30)17-7-8-20-18(13-17)19(21-24-15-25-26-21)14-29(20)23(31)16-5-3-2-4-6-16/h2-8,13,15,19H,9-12,14H2,1H3,(H,24,25,26)/t19-/m0/s1. The first-order valence-electron chi connectivity index (χ1n) is 10.5. The van der Waals surface area contributed by atoms with E-state index < -0.39 is 0 Å². The molecule has 2 amide bonds. The molecule has 5 rings (SSSR count). The Kier molecular flexibility index (Phi) is 4.99. The van der Waals surface area contributed by atoms with Crippen molar-refractivity contribution in [2.24, 2.45) is 0 Å². The Labute approximate surface area is 180 Å². The van der Waals surface area contributed by atoms with Gasteiger partial charge in [0, 0.05) is 49.5 Å². The highest BCUT2D eigenvalue weighted by Crippen LogP contribution is 2.40. The van der Waals surface area contributed by atoms with Crippen molar-refractivity contribution >= 4 is 17.5 Å². The number of hydrogen-bond donors (Lipinski definition) is 1. The number of aromatic nitrogens is 3. The Morgan fingerprint density at radius 3 is 2.45 bits per heavy atom. The second kappa shape index (κ2) is 7.96. The van der Waals surface area contributed by atoms with Crippen LogP contribution in [-0.4, -0.2) is 76.6 Å². The first kappa shape index (κ1) is 19.4. The van der Waals surface area contributed by atoms with Crippen LogP contribution in [0.1, 0.15) is 38.0 Å². The number of fused-ring (bicyclic) bond motifs is 1. The number of carbonyl (C=O) groups is 2. The van der Waals surface area contributed by atoms with Crippen LogP contribution < -0.4 is 4.90 Å². The minimum absolute atomic E-state index is 0.0278. The molecule has 158 valence electrons. The molecule has 8 heteroatoms. The summed E-state index contributed by atoms with van der Waals surface area (Å²) in [6.45, 7) is 3.63. The van der Waals surface area contributed by atoms with Gasteiger partial charge in [-0.2, -0.15) is 5.10 Å². The van der Waals surface area contributed by atoms with Crippen LogP contribution in [0.5, 0.6) is 0 Å². The first-order chi connectivity index (χ1) is 15.1. The summed E-state index contributed by atoms with van der Waals surface area (Å²) in [5, 5.41) is 6.92. The Morgan fingerprint density at radius 1 is 0.968 bits per heavy atom. The zero-order valence-electron chi connectivity index (χ0n) is 17.4. The maximum absolute atomic E-state index is 13.2. The molecule has 0 radical (unpaired) electrons. The number of benzene rings is 2. The van der Waals surface area contributed by atoms with Crippen molar-refractivity contribution < 1.29 is 9.59 Å². The number of H-pyrrole nitrogens is 1. The fraction of sp³-hybridized carbons (Fsp3) is 0.304. The molecule has 0 spiro atoms. The molecule has 0 bridgehead atoms. The van der Waals surface area contributed by atoms with Gasteiger partial charge in [-0.1, -0.05) is 18.2 Å². The molecule has 2 aliphatic rings. The summed E-state index contributed by atoms with van der Waals surface area (Å²) in [6.07, 6.45) is 1.47. The van der Waals surface area contributed by atoms with E-state index in [2.05, 4.69) is 27.1 Å². The molecular weight excluding hydrogens is 392 g/mol. The molecule has 1 N–H and O–H groups in total. The van der Waals surface area contributed by atoms with Crippen LogP contribution >= 0.6 is 0 Å². The summed E-state index contributed by atoms with van der Waals surface area (Å²) in [6, 6.07) is 14.9. The predicted molar refractivity (Wildman–Crippen MR) is 116 cm³/mol. The van der Waals surface area contributed by atoms with Gasteiger partial charge in [-0.05, 0) is 42.9 Å². The summed E-state index contributed by atoms with van der Waals surface area (Å²) in [5.74, 6) is 0.487. The van der Waals surface area contributed by atoms with Gasteiger partial charge < -0.3 is 14.7 Å². The topological polar surface area (TPSA) is 85.4 Å². The van der Waals surface area contributed by atoms with Crippen molar-refractivity contribution in [2.45, 2.75) is 5.92 Å². The molecule has 1 saturated heterocycles. The molecular formula is C23H24N6O2. The third-order valence-electron chi connectivity index (χ3n) is 6.13. The lowest BCUT2D eigenvalue weighted by atomic mass is 9.98. The normalized spacial score (nSPS) is 18.8. The van der Waals surface area contributed by atoms with Crippen molar-refractivity contribution in [3.8, 4) is 0 Å². The maximum atomic E-state index is 13.2. The number of nitrogens with zero attached hydrogens (tertiary/aromatic N) is 5. The minimum Gasteiger partial charge on any atom is -0.336 e. The summed E-state index contributed by atoms with van der Waals surface area (Å²) < 4.78 is 0. The van der Waals surface area contributed by atoms with E-state index in [0.717, 1.165) is 37.4 Å². The van der Waals surface area contributed by atoms with Crippen molar-refractivity contribution in [3.05, 3.63) is 77.4 Å². The molecule has 31 heavy (non-hydrogen) atoms. The van der Waals surface area contributed by atoms with Gasteiger partial charge in [0.25, 0.3) is 11.8 Å². The third kappa shape index (κ3) is 3.59. The second-order valence-corrected chi connectivity index (χ2v) is 8.07. The van der Waals surface area contributed by atoms with Crippen molar-refractivity contribution in [1.82, 2.24) is 25.0 Å². The number of aromatic amines is 1. The maximum Gasteiger partial charge on any atom is 0.258 e. The molecule has 3 aromatic rings. The molecule has 0 aliphatic carbocycles. The lowest BCUT2D eigenvalue weighted by Crippen LogP contribution is -2.47. The smallest absolute Gasteiger partial charge is 0.258 e. The third-order valence-corrected chi connectivity index (χ3v) is 6.13. The SMILES string of the molecule is CN1CCN(C(=O)c2ccc3c(c2)[C@@H](c2ncn[nH]2)CN3C(=O)c2ccccc2)CC1. The van der Waals surface area contributed by atoms with Crippen LogP contribution in [0, 0.1) is 0 Å². The number of rotatable bonds is 3. The van der Waals surface area contributed by atoms with Crippen LogP contribution in [0.4, 0.5) is 5.69 Å². The van der Waals surface area contributed by atoms with Gasteiger partial charge in [0.2, 0.25) is 0 Å². The number of anilines is 1. The van der Waals surface area contributed by atoms with E-state index in [0.29, 0.717) is 23.5 Å². The fourth-order valence-corrected chi connectivity index (χ4v) is 4.33. The van der Waals surface area contributed by atoms with Gasteiger partial charge in [-0.3, -0.25) is 14.7 Å². The van der Waals surface area contributed by atoms with Gasteiger partial charge in [-0.25, -0.2) is 4.98 Å². The quantitative estimate of drug-likeness (QED) is 0.706. The molecule has 3 heterocycles. The van der Waals surface area contributed by atoms with Gasteiger partial charge in [-0.15, -0.1) is 0 Å². The minimum atomic E-state index is -0.162. The average Bonchev–Trinajstić information content (AvgIpc) is 3.47. The highest BCUT2D eigenvalue weighted by atomic mass is 16.2. The average molecular weight is 416 g/mol. The van der Waals surface area contributed by atoms with Crippen LogP contribution in [0.3, 0.4) is 0 Å². The van der Waals surface area contributed by atoms with Gasteiger partial charge in [0.05, 0.1) is 5.92 Å². The second-order valence-electron chi connectivity index (χ2n) is 8.07. The summed E-state index contributed by atoms with van der Waals surface area (Å²) >= 11 is 0. The van der Waals surface area contributed by atoms with Gasteiger partial charge in [0.1, 0.15) is 12.2 Å². The summed E-state index contributed by atoms with van der Waals surface area (Å²) in [4.78, 5) is 36.6. The Balaban J connectivity index is 1.49. The molecule has 8 nitrogen and oxygen atoms in total. The summed E-state index contributed by atoms with van der Waals surface area (Å²) in [5.41, 5.74) is 3.00. The molecule has 2 aromatic carbocycles. The summed E-state index contributed by atoms with van der Waals surface area (Å²) in [7, 11) is 2.07. The van der Waals surface area contributed by atoms with E-state index in [1.165, 1.54) is 6.33 Å². The zero-order chi connectivity index (χ0) is 21.4. The van der Waals surface area contributed by atoms with E-state index in [-0.39, 0.29) is 17.7 Å². The monoisotopic (exact) mass is 416 g/mol. The molecule has 1 aromatic heterocycles. The number of hydrogen-bond acceptors (Lipinski definition) is 5. The highest BCUT2D eigenvalue weighted by Gasteiger charge is 2.36. The molecule has 1 atom stereocenters. The number of likely N-dealkylation sites (N-methyl/N-ethyl adjacent to an activating group) is 1. The Bertz CT molecular complexity index is 1090.